The van der Waals surface area contributed by atoms with Gasteiger partial charge in [0.1, 0.15) is 11.5 Å². The van der Waals surface area contributed by atoms with Crippen molar-refractivity contribution >= 4 is 28.9 Å². The van der Waals surface area contributed by atoms with Crippen molar-refractivity contribution in [3.8, 4) is 11.5 Å². The van der Waals surface area contributed by atoms with Gasteiger partial charge in [-0.25, -0.2) is 0 Å². The third kappa shape index (κ3) is 5.00. The monoisotopic (exact) mass is 454 g/mol. The number of likely N-dealkylation sites (tertiary alicyclic amines) is 1. The number of para-hydroxylation sites is 2. The Bertz CT molecular complexity index is 1050. The second-order valence-electron chi connectivity index (χ2n) is 8.03. The Kier molecular flexibility index (Phi) is 6.62. The molecule has 1 atom stereocenters. The fraction of sp³-hybridized carbons (Fsp3) is 0.391. The summed E-state index contributed by atoms with van der Waals surface area (Å²) in [5.74, 6) is 0.340. The van der Waals surface area contributed by atoms with Crippen molar-refractivity contribution in [1.82, 2.24) is 4.90 Å². The van der Waals surface area contributed by atoms with Gasteiger partial charge in [0.15, 0.2) is 6.10 Å². The topological polar surface area (TPSA) is 114 Å². The van der Waals surface area contributed by atoms with Crippen LogP contribution in [0.15, 0.2) is 42.5 Å². The Hall–Kier alpha value is -3.82. The molecule has 0 saturated carbocycles. The number of amides is 2. The van der Waals surface area contributed by atoms with E-state index in [1.165, 1.54) is 25.3 Å². The lowest BCUT2D eigenvalue weighted by Gasteiger charge is -2.38. The first kappa shape index (κ1) is 22.4. The molecule has 0 unspecified atom stereocenters. The molecule has 0 radical (unpaired) electrons. The molecule has 0 bridgehead atoms. The summed E-state index contributed by atoms with van der Waals surface area (Å²) in [4.78, 5) is 40.1. The van der Waals surface area contributed by atoms with Crippen LogP contribution in [0, 0.1) is 10.1 Å². The maximum atomic E-state index is 13.1. The molecule has 0 aromatic heterocycles. The number of carbonyl (C=O) groups excluding carboxylic acids is 2. The normalized spacial score (nSPS) is 17.5. The fourth-order valence-corrected chi connectivity index (χ4v) is 4.16. The third-order valence-corrected chi connectivity index (χ3v) is 5.81. The Morgan fingerprint density at radius 2 is 1.94 bits per heavy atom. The number of piperidine rings is 1. The van der Waals surface area contributed by atoms with Crippen LogP contribution in [0.25, 0.3) is 0 Å². The number of benzene rings is 2. The average Bonchev–Trinajstić information content (AvgIpc) is 2.84. The number of carbonyl (C=O) groups is 2. The van der Waals surface area contributed by atoms with Gasteiger partial charge in [-0.3, -0.25) is 19.7 Å². The average molecular weight is 454 g/mol. The van der Waals surface area contributed by atoms with Gasteiger partial charge in [-0.15, -0.1) is 0 Å². The number of fused-ring (bicyclic) bond motifs is 1. The predicted octanol–water partition coefficient (Wildman–Crippen LogP) is 2.82. The lowest BCUT2D eigenvalue weighted by molar-refractivity contribution is -0.384. The van der Waals surface area contributed by atoms with Gasteiger partial charge in [-0.05, 0) is 37.5 Å². The van der Waals surface area contributed by atoms with E-state index in [1.54, 1.807) is 6.07 Å². The Balaban J connectivity index is 1.49. The van der Waals surface area contributed by atoms with Crippen molar-refractivity contribution in [2.45, 2.75) is 25.4 Å². The molecule has 174 valence electrons. The van der Waals surface area contributed by atoms with E-state index in [0.717, 1.165) is 38.0 Å². The van der Waals surface area contributed by atoms with E-state index in [-0.39, 0.29) is 36.3 Å². The fourth-order valence-electron chi connectivity index (χ4n) is 4.16. The minimum absolute atomic E-state index is 0.0235. The molecule has 0 spiro atoms. The molecular formula is C23H26N4O6. The smallest absolute Gasteiger partial charge is 0.273 e. The molecule has 2 aromatic carbocycles. The number of methoxy groups -OCH3 is 1. The summed E-state index contributed by atoms with van der Waals surface area (Å²) in [7, 11) is 1.38. The summed E-state index contributed by atoms with van der Waals surface area (Å²) in [6, 6.07) is 11.3. The number of rotatable bonds is 6. The van der Waals surface area contributed by atoms with Gasteiger partial charge in [-0.2, -0.15) is 0 Å². The molecule has 10 heteroatoms. The number of hydrogen-bond acceptors (Lipinski definition) is 7. The second kappa shape index (κ2) is 9.76. The largest absolute Gasteiger partial charge is 0.494 e. The molecule has 2 aliphatic heterocycles. The molecule has 10 nitrogen and oxygen atoms in total. The van der Waals surface area contributed by atoms with Gasteiger partial charge in [0, 0.05) is 19.2 Å². The summed E-state index contributed by atoms with van der Waals surface area (Å²) < 4.78 is 11.2. The van der Waals surface area contributed by atoms with Crippen LogP contribution in [0.3, 0.4) is 0 Å². The highest BCUT2D eigenvalue weighted by atomic mass is 16.6. The number of ether oxygens (including phenoxy) is 2. The van der Waals surface area contributed by atoms with E-state index in [9.17, 15) is 19.7 Å². The third-order valence-electron chi connectivity index (χ3n) is 5.81. The van der Waals surface area contributed by atoms with Crippen molar-refractivity contribution < 1.29 is 24.0 Å². The molecule has 2 aliphatic rings. The van der Waals surface area contributed by atoms with E-state index >= 15 is 0 Å². The number of hydrogen-bond donors (Lipinski definition) is 1. The van der Waals surface area contributed by atoms with E-state index in [1.807, 2.05) is 28.0 Å². The van der Waals surface area contributed by atoms with Crippen LogP contribution in [0.1, 0.15) is 19.3 Å². The molecular weight excluding hydrogens is 428 g/mol. The molecule has 2 heterocycles. The second-order valence-corrected chi connectivity index (χ2v) is 8.03. The lowest BCUT2D eigenvalue weighted by atomic mass is 10.1. The van der Waals surface area contributed by atoms with E-state index in [4.69, 9.17) is 9.47 Å². The molecule has 1 N–H and O–H groups in total. The highest BCUT2D eigenvalue weighted by Crippen LogP contribution is 2.34. The maximum absolute atomic E-state index is 13.1. The zero-order valence-corrected chi connectivity index (χ0v) is 18.4. The van der Waals surface area contributed by atoms with Crippen LogP contribution in [0.5, 0.6) is 11.5 Å². The lowest BCUT2D eigenvalue weighted by Crippen LogP contribution is -2.52. The number of nitrogens with zero attached hydrogens (tertiary/aromatic N) is 3. The van der Waals surface area contributed by atoms with Crippen molar-refractivity contribution in [2.24, 2.45) is 0 Å². The Morgan fingerprint density at radius 1 is 1.18 bits per heavy atom. The van der Waals surface area contributed by atoms with Crippen LogP contribution < -0.4 is 19.7 Å². The first-order valence-corrected chi connectivity index (χ1v) is 10.9. The van der Waals surface area contributed by atoms with Crippen LogP contribution >= 0.6 is 0 Å². The number of nitrogens with one attached hydrogen (secondary N) is 1. The van der Waals surface area contributed by atoms with Gasteiger partial charge in [0.2, 0.25) is 5.91 Å². The summed E-state index contributed by atoms with van der Waals surface area (Å²) in [5.41, 5.74) is 0.924. The van der Waals surface area contributed by atoms with Gasteiger partial charge < -0.3 is 24.6 Å². The van der Waals surface area contributed by atoms with Crippen LogP contribution in [0.4, 0.5) is 17.1 Å². The molecule has 33 heavy (non-hydrogen) atoms. The number of anilines is 2. The highest BCUT2D eigenvalue weighted by molar-refractivity contribution is 5.96. The summed E-state index contributed by atoms with van der Waals surface area (Å²) in [6.45, 7) is 1.67. The molecule has 0 aliphatic carbocycles. The van der Waals surface area contributed by atoms with E-state index < -0.39 is 11.0 Å². The molecule has 1 fully saturated rings. The highest BCUT2D eigenvalue weighted by Gasteiger charge is 2.34. The summed E-state index contributed by atoms with van der Waals surface area (Å²) in [6.07, 6.45) is 2.40. The van der Waals surface area contributed by atoms with Crippen molar-refractivity contribution in [3.63, 3.8) is 0 Å². The summed E-state index contributed by atoms with van der Waals surface area (Å²) >= 11 is 0. The van der Waals surface area contributed by atoms with Gasteiger partial charge >= 0.3 is 0 Å². The minimum atomic E-state index is -0.695. The first-order chi connectivity index (χ1) is 16.0. The van der Waals surface area contributed by atoms with Crippen LogP contribution in [-0.4, -0.2) is 61.0 Å². The molecule has 2 aromatic rings. The SMILES string of the molecule is COc1cc([N+](=O)[O-])ccc1NC(=O)CN1C[C@H](C(=O)N2CCCCC2)Oc2ccccc21. The first-order valence-electron chi connectivity index (χ1n) is 10.9. The predicted molar refractivity (Wildman–Crippen MR) is 122 cm³/mol. The zero-order chi connectivity index (χ0) is 23.4. The number of non-ortho nitro benzene ring substituents is 1. The quantitative estimate of drug-likeness (QED) is 0.527. The van der Waals surface area contributed by atoms with Gasteiger partial charge in [-0.1, -0.05) is 12.1 Å². The van der Waals surface area contributed by atoms with Crippen molar-refractivity contribution in [3.05, 3.63) is 52.6 Å². The minimum Gasteiger partial charge on any atom is -0.494 e. The van der Waals surface area contributed by atoms with Gasteiger partial charge in [0.25, 0.3) is 11.6 Å². The van der Waals surface area contributed by atoms with Crippen LogP contribution in [-0.2, 0) is 9.59 Å². The number of nitro benzene ring substituents is 1. The van der Waals surface area contributed by atoms with Crippen molar-refractivity contribution in [2.75, 3.05) is 43.5 Å². The zero-order valence-electron chi connectivity index (χ0n) is 18.4. The Labute approximate surface area is 191 Å². The molecule has 1 saturated heterocycles. The van der Waals surface area contributed by atoms with Crippen molar-refractivity contribution in [1.29, 1.82) is 0 Å². The Morgan fingerprint density at radius 3 is 2.67 bits per heavy atom. The maximum Gasteiger partial charge on any atom is 0.273 e. The van der Waals surface area contributed by atoms with Gasteiger partial charge in [0.05, 0.1) is 42.6 Å². The standard InChI is InChI=1S/C23H26N4O6/c1-32-20-13-16(27(30)31)9-10-17(20)24-22(28)15-26-14-21(23(29)25-11-5-2-6-12-25)33-19-8-4-3-7-18(19)26/h3-4,7-10,13,21H,2,5-6,11-12,14-15H2,1H3,(H,24,28)/t21-/m1/s1. The van der Waals surface area contributed by atoms with E-state index in [2.05, 4.69) is 5.32 Å². The summed E-state index contributed by atoms with van der Waals surface area (Å²) in [5, 5.41) is 13.7. The molecule has 4 rings (SSSR count). The molecule has 2 amide bonds. The van der Waals surface area contributed by atoms with E-state index in [0.29, 0.717) is 11.4 Å². The number of nitro groups is 1. The van der Waals surface area contributed by atoms with Crippen LogP contribution in [0.2, 0.25) is 0 Å².